The van der Waals surface area contributed by atoms with Crippen molar-refractivity contribution in [2.45, 2.75) is 78.6 Å². The number of hydrogen-bond acceptors (Lipinski definition) is 2. The smallest absolute Gasteiger partial charge is 0.255 e. The van der Waals surface area contributed by atoms with Crippen molar-refractivity contribution in [3.8, 4) is 28.7 Å². The Balaban J connectivity index is 1.21. The Morgan fingerprint density at radius 2 is 1.17 bits per heavy atom. The van der Waals surface area contributed by atoms with Crippen LogP contribution < -0.4 is 9.30 Å². The molecule has 0 N–H and O–H groups in total. The molecule has 0 unspecified atom stereocenters. The minimum Gasteiger partial charge on any atom is -0.457 e. The topological polar surface area (TPSA) is 35.9 Å². The zero-order valence-electron chi connectivity index (χ0n) is 32.4. The normalized spacial score (nSPS) is 12.6. The standard InChI is InChI=1S/C48H49N4O/c1-46(2,3)32-23-24-49-45(28-32)52-41-18-11-10-17-39(41)40-22-21-38(30-44(40)52)53-37-16-14-15-35(29-37)50-31-51(43-20-13-12-19-42(43)50)36-26-33(47(4,5)6)25-34(27-36)48(7,8)9/h10-31H,1-9H3/q+1. The van der Waals surface area contributed by atoms with Crippen molar-refractivity contribution >= 4 is 32.8 Å². The van der Waals surface area contributed by atoms with E-state index in [4.69, 9.17) is 9.72 Å². The van der Waals surface area contributed by atoms with E-state index < -0.39 is 0 Å². The van der Waals surface area contributed by atoms with Gasteiger partial charge < -0.3 is 4.74 Å². The number of imidazole rings is 1. The molecule has 5 heteroatoms. The SMILES string of the molecule is CC(C)(C)c1cc(-[n+]2cn(-c3cccc(Oc4ccc5c6ccccc6n(-c6cc(C(C)(C)C)ccn6)c5c4)c3)c3ccccc32)cc(C(C)(C)C)c1. The quantitative estimate of drug-likeness (QED) is 0.168. The molecule has 0 radical (unpaired) electrons. The Kier molecular flexibility index (Phi) is 8.10. The van der Waals surface area contributed by atoms with E-state index in [1.165, 1.54) is 22.1 Å². The van der Waals surface area contributed by atoms with Crippen LogP contribution in [0.1, 0.15) is 79.0 Å². The van der Waals surface area contributed by atoms with Crippen LogP contribution in [0.3, 0.4) is 0 Å². The Morgan fingerprint density at radius 1 is 0.528 bits per heavy atom. The highest BCUT2D eigenvalue weighted by Gasteiger charge is 2.25. The second kappa shape index (κ2) is 12.5. The van der Waals surface area contributed by atoms with Crippen molar-refractivity contribution in [3.63, 3.8) is 0 Å². The summed E-state index contributed by atoms with van der Waals surface area (Å²) >= 11 is 0. The van der Waals surface area contributed by atoms with Gasteiger partial charge in [0.2, 0.25) is 0 Å². The van der Waals surface area contributed by atoms with Crippen LogP contribution in [0.15, 0.2) is 134 Å². The first kappa shape index (κ1) is 34.4. The van der Waals surface area contributed by atoms with Gasteiger partial charge in [0, 0.05) is 29.1 Å². The molecule has 8 rings (SSSR count). The summed E-state index contributed by atoms with van der Waals surface area (Å²) in [5.74, 6) is 2.44. The van der Waals surface area contributed by atoms with Crippen LogP contribution in [0.4, 0.5) is 0 Å². The molecular weight excluding hydrogens is 649 g/mol. The lowest BCUT2D eigenvalue weighted by Crippen LogP contribution is -2.31. The molecule has 3 heterocycles. The van der Waals surface area contributed by atoms with Gasteiger partial charge in [-0.3, -0.25) is 4.57 Å². The number of nitrogens with zero attached hydrogens (tertiary/aromatic N) is 4. The highest BCUT2D eigenvalue weighted by Crippen LogP contribution is 2.37. The fraction of sp³-hybridized carbons (Fsp3) is 0.250. The summed E-state index contributed by atoms with van der Waals surface area (Å²) in [7, 11) is 0. The maximum Gasteiger partial charge on any atom is 0.255 e. The van der Waals surface area contributed by atoms with Gasteiger partial charge >= 0.3 is 0 Å². The average molecular weight is 698 g/mol. The number of benzene rings is 5. The molecule has 0 fully saturated rings. The predicted octanol–water partition coefficient (Wildman–Crippen LogP) is 12.1. The average Bonchev–Trinajstić information content (AvgIpc) is 3.67. The summed E-state index contributed by atoms with van der Waals surface area (Å²) in [5.41, 5.74) is 10.6. The van der Waals surface area contributed by atoms with Gasteiger partial charge in [0.05, 0.1) is 11.0 Å². The molecule has 0 bridgehead atoms. The van der Waals surface area contributed by atoms with Crippen molar-refractivity contribution in [1.82, 2.24) is 14.1 Å². The van der Waals surface area contributed by atoms with Crippen molar-refractivity contribution in [3.05, 3.63) is 151 Å². The molecule has 3 aromatic heterocycles. The molecule has 0 aliphatic rings. The summed E-state index contributed by atoms with van der Waals surface area (Å²) in [6.07, 6.45) is 4.13. The van der Waals surface area contributed by atoms with Gasteiger partial charge in [0.15, 0.2) is 11.0 Å². The van der Waals surface area contributed by atoms with Gasteiger partial charge in [-0.25, -0.2) is 4.98 Å². The summed E-state index contributed by atoms with van der Waals surface area (Å²) < 4.78 is 13.5. The van der Waals surface area contributed by atoms with E-state index in [1.54, 1.807) is 0 Å². The van der Waals surface area contributed by atoms with Gasteiger partial charge in [-0.05, 0) is 99.7 Å². The first-order chi connectivity index (χ1) is 25.1. The van der Waals surface area contributed by atoms with Crippen LogP contribution in [-0.4, -0.2) is 14.1 Å². The second-order valence-electron chi connectivity index (χ2n) is 17.4. The molecule has 0 saturated carbocycles. The molecule has 53 heavy (non-hydrogen) atoms. The molecule has 8 aromatic rings. The Morgan fingerprint density at radius 3 is 1.89 bits per heavy atom. The summed E-state index contributed by atoms with van der Waals surface area (Å²) in [6.45, 7) is 20.4. The van der Waals surface area contributed by atoms with E-state index in [0.29, 0.717) is 0 Å². The molecule has 0 aliphatic carbocycles. The zero-order chi connectivity index (χ0) is 37.3. The summed E-state index contributed by atoms with van der Waals surface area (Å²) in [5, 5.41) is 2.35. The first-order valence-corrected chi connectivity index (χ1v) is 18.6. The number of rotatable bonds is 5. The van der Waals surface area contributed by atoms with Gasteiger partial charge in [-0.2, -0.15) is 9.13 Å². The number of pyridine rings is 1. The van der Waals surface area contributed by atoms with Gasteiger partial charge in [-0.15, -0.1) is 0 Å². The molecule has 0 atom stereocenters. The molecule has 0 amide bonds. The number of aromatic nitrogens is 4. The predicted molar refractivity (Wildman–Crippen MR) is 220 cm³/mol. The molecule has 266 valence electrons. The summed E-state index contributed by atoms with van der Waals surface area (Å²) in [4.78, 5) is 4.85. The van der Waals surface area contributed by atoms with Crippen LogP contribution in [-0.2, 0) is 16.2 Å². The van der Waals surface area contributed by atoms with E-state index >= 15 is 0 Å². The van der Waals surface area contributed by atoms with E-state index in [1.807, 2.05) is 12.3 Å². The highest BCUT2D eigenvalue weighted by atomic mass is 16.5. The second-order valence-corrected chi connectivity index (χ2v) is 17.4. The third kappa shape index (κ3) is 6.39. The molecule has 5 nitrogen and oxygen atoms in total. The number of para-hydroxylation sites is 3. The van der Waals surface area contributed by atoms with Gasteiger partial charge in [-0.1, -0.05) is 105 Å². The van der Waals surface area contributed by atoms with E-state index in [0.717, 1.165) is 56.1 Å². The Labute approximate surface area is 313 Å². The largest absolute Gasteiger partial charge is 0.457 e. The lowest BCUT2D eigenvalue weighted by molar-refractivity contribution is -0.567. The fourth-order valence-electron chi connectivity index (χ4n) is 7.24. The van der Waals surface area contributed by atoms with E-state index in [-0.39, 0.29) is 16.2 Å². The lowest BCUT2D eigenvalue weighted by Gasteiger charge is -2.25. The lowest BCUT2D eigenvalue weighted by atomic mass is 9.80. The number of fused-ring (bicyclic) bond motifs is 4. The minimum atomic E-state index is 0.00584. The van der Waals surface area contributed by atoms with E-state index in [9.17, 15) is 0 Å². The molecule has 0 spiro atoms. The first-order valence-electron chi connectivity index (χ1n) is 18.6. The fourth-order valence-corrected chi connectivity index (χ4v) is 7.24. The maximum atomic E-state index is 6.67. The Bertz CT molecular complexity index is 2620. The molecule has 5 aromatic carbocycles. The monoisotopic (exact) mass is 697 g/mol. The van der Waals surface area contributed by atoms with Gasteiger partial charge in [0.25, 0.3) is 6.33 Å². The van der Waals surface area contributed by atoms with Crippen LogP contribution >= 0.6 is 0 Å². The molecule has 0 aliphatic heterocycles. The molecule has 0 saturated heterocycles. The van der Waals surface area contributed by atoms with Crippen molar-refractivity contribution in [2.75, 3.05) is 0 Å². The minimum absolute atomic E-state index is 0.00584. The van der Waals surface area contributed by atoms with Crippen molar-refractivity contribution < 1.29 is 9.30 Å². The van der Waals surface area contributed by atoms with Gasteiger partial charge in [0.1, 0.15) is 28.7 Å². The van der Waals surface area contributed by atoms with Crippen molar-refractivity contribution in [2.24, 2.45) is 0 Å². The summed E-state index contributed by atoms with van der Waals surface area (Å²) in [6, 6.07) is 43.3. The number of hydrogen-bond donors (Lipinski definition) is 0. The van der Waals surface area contributed by atoms with E-state index in [2.05, 4.69) is 198 Å². The third-order valence-corrected chi connectivity index (χ3v) is 10.4. The van der Waals surface area contributed by atoms with Crippen molar-refractivity contribution in [1.29, 1.82) is 0 Å². The number of ether oxygens (including phenoxy) is 1. The van der Waals surface area contributed by atoms with Crippen LogP contribution in [0.2, 0.25) is 0 Å². The highest BCUT2D eigenvalue weighted by molar-refractivity contribution is 6.09. The third-order valence-electron chi connectivity index (χ3n) is 10.4. The Hall–Kier alpha value is -5.68. The van der Waals surface area contributed by atoms with Crippen LogP contribution in [0.25, 0.3) is 50.0 Å². The zero-order valence-corrected chi connectivity index (χ0v) is 32.4. The van der Waals surface area contributed by atoms with Crippen LogP contribution in [0, 0.1) is 0 Å². The molecular formula is C48H49N4O+. The maximum absolute atomic E-state index is 6.67. The van der Waals surface area contributed by atoms with Crippen LogP contribution in [0.5, 0.6) is 11.5 Å².